The van der Waals surface area contributed by atoms with E-state index >= 15 is 0 Å². The molecule has 21 heavy (non-hydrogen) atoms. The first-order valence-electron chi connectivity index (χ1n) is 6.91. The molecule has 1 aromatic rings. The fourth-order valence-corrected chi connectivity index (χ4v) is 2.87. The first-order valence-corrected chi connectivity index (χ1v) is 7.29. The highest BCUT2D eigenvalue weighted by atomic mass is 35.5. The van der Waals surface area contributed by atoms with Gasteiger partial charge in [0.15, 0.2) is 0 Å². The number of carbonyl (C=O) groups is 2. The van der Waals surface area contributed by atoms with Crippen molar-refractivity contribution in [3.05, 3.63) is 34.6 Å². The number of carboxylic acid groups (broad SMARTS) is 1. The third kappa shape index (κ3) is 3.53. The summed E-state index contributed by atoms with van der Waals surface area (Å²) in [5, 5.41) is 12.2. The summed E-state index contributed by atoms with van der Waals surface area (Å²) in [6, 6.07) is 3.78. The van der Waals surface area contributed by atoms with Crippen LogP contribution in [0.1, 0.15) is 42.5 Å². The van der Waals surface area contributed by atoms with Crippen LogP contribution in [0.2, 0.25) is 5.02 Å². The van der Waals surface area contributed by atoms with E-state index in [1.165, 1.54) is 12.1 Å². The Hall–Kier alpha value is -1.62. The molecule has 1 aromatic carbocycles. The van der Waals surface area contributed by atoms with Crippen LogP contribution < -0.4 is 5.32 Å². The Kier molecular flexibility index (Phi) is 4.83. The van der Waals surface area contributed by atoms with Gasteiger partial charge in [0.2, 0.25) is 0 Å². The number of halogens is 2. The van der Waals surface area contributed by atoms with E-state index in [2.05, 4.69) is 5.32 Å². The fraction of sp³-hybridized carbons (Fsp3) is 0.467. The zero-order valence-corrected chi connectivity index (χ0v) is 12.3. The first kappa shape index (κ1) is 15.8. The van der Waals surface area contributed by atoms with Crippen LogP contribution in [-0.2, 0) is 4.79 Å². The van der Waals surface area contributed by atoms with E-state index in [1.54, 1.807) is 0 Å². The Labute approximate surface area is 127 Å². The zero-order valence-electron chi connectivity index (χ0n) is 11.5. The summed E-state index contributed by atoms with van der Waals surface area (Å²) in [6.07, 6.45) is 3.74. The summed E-state index contributed by atoms with van der Waals surface area (Å²) >= 11 is 5.63. The number of hydrogen-bond donors (Lipinski definition) is 2. The number of hydrogen-bond acceptors (Lipinski definition) is 2. The average molecular weight is 314 g/mol. The van der Waals surface area contributed by atoms with Crippen LogP contribution in [0.3, 0.4) is 0 Å². The molecule has 0 heterocycles. The van der Waals surface area contributed by atoms with Crippen molar-refractivity contribution >= 4 is 23.5 Å². The maximum atomic E-state index is 13.7. The van der Waals surface area contributed by atoms with Crippen LogP contribution in [0.15, 0.2) is 18.2 Å². The molecule has 4 nitrogen and oxygen atoms in total. The van der Waals surface area contributed by atoms with Crippen molar-refractivity contribution in [3.63, 3.8) is 0 Å². The summed E-state index contributed by atoms with van der Waals surface area (Å²) < 4.78 is 13.7. The average Bonchev–Trinajstić information content (AvgIpc) is 2.45. The van der Waals surface area contributed by atoms with Crippen molar-refractivity contribution in [1.82, 2.24) is 5.32 Å². The van der Waals surface area contributed by atoms with E-state index in [0.717, 1.165) is 25.3 Å². The summed E-state index contributed by atoms with van der Waals surface area (Å²) in [6.45, 7) is 0.0171. The van der Waals surface area contributed by atoms with Gasteiger partial charge in [0.05, 0.1) is 11.0 Å². The van der Waals surface area contributed by atoms with Crippen LogP contribution in [0.25, 0.3) is 0 Å². The van der Waals surface area contributed by atoms with Gasteiger partial charge >= 0.3 is 5.97 Å². The second-order valence-corrected chi connectivity index (χ2v) is 5.89. The second-order valence-electron chi connectivity index (χ2n) is 5.45. The number of nitrogens with one attached hydrogen (secondary N) is 1. The van der Waals surface area contributed by atoms with Gasteiger partial charge in [0, 0.05) is 11.6 Å². The molecule has 0 spiro atoms. The highest BCUT2D eigenvalue weighted by Gasteiger charge is 2.39. The molecule has 0 atom stereocenters. The Morgan fingerprint density at radius 1 is 1.29 bits per heavy atom. The minimum absolute atomic E-state index is 0.0171. The van der Waals surface area contributed by atoms with Crippen LogP contribution in [0, 0.1) is 11.2 Å². The largest absolute Gasteiger partial charge is 0.481 e. The van der Waals surface area contributed by atoms with E-state index in [0.29, 0.717) is 12.8 Å². The summed E-state index contributed by atoms with van der Waals surface area (Å²) in [5.41, 5.74) is -1.06. The monoisotopic (exact) mass is 313 g/mol. The lowest BCUT2D eigenvalue weighted by molar-refractivity contribution is -0.150. The van der Waals surface area contributed by atoms with Crippen LogP contribution >= 0.6 is 11.6 Å². The van der Waals surface area contributed by atoms with Crippen LogP contribution in [0.4, 0.5) is 4.39 Å². The third-order valence-corrected chi connectivity index (χ3v) is 4.26. The molecule has 1 fully saturated rings. The van der Waals surface area contributed by atoms with E-state index in [9.17, 15) is 19.1 Å². The predicted molar refractivity (Wildman–Crippen MR) is 76.9 cm³/mol. The maximum absolute atomic E-state index is 13.7. The normalized spacial score (nSPS) is 17.2. The van der Waals surface area contributed by atoms with Crippen molar-refractivity contribution < 1.29 is 19.1 Å². The number of rotatable bonds is 4. The third-order valence-electron chi connectivity index (χ3n) is 4.03. The number of benzene rings is 1. The van der Waals surface area contributed by atoms with Gasteiger partial charge < -0.3 is 10.4 Å². The molecule has 2 N–H and O–H groups in total. The number of aliphatic carboxylic acids is 1. The Morgan fingerprint density at radius 3 is 2.52 bits per heavy atom. The minimum atomic E-state index is -0.934. The smallest absolute Gasteiger partial charge is 0.311 e. The van der Waals surface area contributed by atoms with Gasteiger partial charge in [-0.3, -0.25) is 9.59 Å². The predicted octanol–water partition coefficient (Wildman–Crippen LogP) is 3.24. The van der Waals surface area contributed by atoms with Gasteiger partial charge in [-0.1, -0.05) is 30.9 Å². The number of carboxylic acids is 1. The number of amides is 1. The Morgan fingerprint density at radius 2 is 1.95 bits per heavy atom. The lowest BCUT2D eigenvalue weighted by Crippen LogP contribution is -2.44. The molecule has 0 aliphatic heterocycles. The lowest BCUT2D eigenvalue weighted by Gasteiger charge is -2.33. The molecule has 1 aliphatic rings. The molecular weight excluding hydrogens is 297 g/mol. The highest BCUT2D eigenvalue weighted by molar-refractivity contribution is 6.30. The molecular formula is C15H17ClFNO3. The van der Waals surface area contributed by atoms with Gasteiger partial charge in [-0.15, -0.1) is 0 Å². The van der Waals surface area contributed by atoms with Gasteiger partial charge in [-0.2, -0.15) is 0 Å². The number of carbonyl (C=O) groups excluding carboxylic acids is 1. The van der Waals surface area contributed by atoms with Crippen molar-refractivity contribution in [2.75, 3.05) is 6.54 Å². The topological polar surface area (TPSA) is 66.4 Å². The standard InChI is InChI=1S/C15H17ClFNO3/c16-10-4-5-11(12(17)8-10)13(19)18-9-15(14(20)21)6-2-1-3-7-15/h4-5,8H,1-3,6-7,9H2,(H,18,19)(H,20,21). The second kappa shape index (κ2) is 6.43. The van der Waals surface area contributed by atoms with Gasteiger partial charge in [0.25, 0.3) is 5.91 Å². The summed E-state index contributed by atoms with van der Waals surface area (Å²) in [5.74, 6) is -2.23. The molecule has 1 saturated carbocycles. The molecule has 1 aliphatic carbocycles. The van der Waals surface area contributed by atoms with E-state index in [1.807, 2.05) is 0 Å². The lowest BCUT2D eigenvalue weighted by atomic mass is 9.74. The quantitative estimate of drug-likeness (QED) is 0.896. The summed E-state index contributed by atoms with van der Waals surface area (Å²) in [4.78, 5) is 23.5. The van der Waals surface area contributed by atoms with Crippen molar-refractivity contribution in [3.8, 4) is 0 Å². The van der Waals surface area contributed by atoms with E-state index < -0.39 is 23.1 Å². The van der Waals surface area contributed by atoms with Crippen LogP contribution in [-0.4, -0.2) is 23.5 Å². The SMILES string of the molecule is O=C(NCC1(C(=O)O)CCCCC1)c1ccc(Cl)cc1F. The van der Waals surface area contributed by atoms with Crippen molar-refractivity contribution in [1.29, 1.82) is 0 Å². The van der Waals surface area contributed by atoms with E-state index in [4.69, 9.17) is 11.6 Å². The summed E-state index contributed by atoms with van der Waals surface area (Å²) in [7, 11) is 0. The molecule has 0 radical (unpaired) electrons. The van der Waals surface area contributed by atoms with Gasteiger partial charge in [-0.05, 0) is 31.0 Å². The molecule has 0 saturated heterocycles. The van der Waals surface area contributed by atoms with Crippen molar-refractivity contribution in [2.24, 2.45) is 5.41 Å². The molecule has 1 amide bonds. The Balaban J connectivity index is 2.07. The van der Waals surface area contributed by atoms with Crippen molar-refractivity contribution in [2.45, 2.75) is 32.1 Å². The molecule has 0 unspecified atom stereocenters. The maximum Gasteiger partial charge on any atom is 0.311 e. The fourth-order valence-electron chi connectivity index (χ4n) is 2.71. The molecule has 6 heteroatoms. The highest BCUT2D eigenvalue weighted by Crippen LogP contribution is 2.36. The minimum Gasteiger partial charge on any atom is -0.481 e. The molecule has 0 aromatic heterocycles. The van der Waals surface area contributed by atoms with Gasteiger partial charge in [-0.25, -0.2) is 4.39 Å². The Bertz CT molecular complexity index is 556. The zero-order chi connectivity index (χ0) is 15.5. The first-order chi connectivity index (χ1) is 9.94. The van der Waals surface area contributed by atoms with E-state index in [-0.39, 0.29) is 17.1 Å². The van der Waals surface area contributed by atoms with Crippen LogP contribution in [0.5, 0.6) is 0 Å². The molecule has 114 valence electrons. The molecule has 2 rings (SSSR count). The molecule has 0 bridgehead atoms. The van der Waals surface area contributed by atoms with Gasteiger partial charge in [0.1, 0.15) is 5.82 Å².